The molecule has 1 aliphatic carbocycles. The van der Waals surface area contributed by atoms with Crippen LogP contribution in [0.1, 0.15) is 12.8 Å². The average Bonchev–Trinajstić information content (AvgIpc) is 3.17. The van der Waals surface area contributed by atoms with Crippen molar-refractivity contribution in [3.8, 4) is 0 Å². The summed E-state index contributed by atoms with van der Waals surface area (Å²) in [5.74, 6) is 0.596. The normalized spacial score (nSPS) is 21.9. The lowest BCUT2D eigenvalue weighted by Gasteiger charge is -2.35. The zero-order valence-electron chi connectivity index (χ0n) is 12.6. The van der Waals surface area contributed by atoms with Gasteiger partial charge in [-0.2, -0.15) is 0 Å². The van der Waals surface area contributed by atoms with Crippen LogP contribution < -0.4 is 0 Å². The summed E-state index contributed by atoms with van der Waals surface area (Å²) in [6.07, 6.45) is 4.38. The van der Waals surface area contributed by atoms with Crippen LogP contribution in [0.4, 0.5) is 10.3 Å². The number of hydrogen-bond acceptors (Lipinski definition) is 5. The molecule has 2 aliphatic rings. The number of hydrogen-bond donors (Lipinski definition) is 0. The van der Waals surface area contributed by atoms with E-state index in [1.807, 2.05) is 0 Å². The maximum absolute atomic E-state index is 14.2. The van der Waals surface area contributed by atoms with Crippen molar-refractivity contribution in [1.29, 1.82) is 0 Å². The summed E-state index contributed by atoms with van der Waals surface area (Å²) >= 11 is 0. The maximum Gasteiger partial charge on any atom is 0.434 e. The van der Waals surface area contributed by atoms with Crippen molar-refractivity contribution in [2.45, 2.75) is 25.6 Å². The van der Waals surface area contributed by atoms with Gasteiger partial charge in [-0.1, -0.05) is 4.98 Å². The van der Waals surface area contributed by atoms with Crippen LogP contribution in [0.5, 0.6) is 0 Å². The van der Waals surface area contributed by atoms with Crippen LogP contribution in [0.2, 0.25) is 0 Å². The molecule has 1 unspecified atom stereocenters. The molecule has 0 aromatic carbocycles. The second-order valence-electron chi connectivity index (χ2n) is 6.28. The third-order valence-electron chi connectivity index (χ3n) is 4.39. The highest BCUT2D eigenvalue weighted by Crippen LogP contribution is 2.29. The number of halogens is 1. The molecule has 0 spiro atoms. The smallest absolute Gasteiger partial charge is 0.390 e. The van der Waals surface area contributed by atoms with Crippen LogP contribution in [-0.4, -0.2) is 69.7 Å². The van der Waals surface area contributed by atoms with Crippen molar-refractivity contribution in [2.75, 3.05) is 39.3 Å². The molecule has 22 heavy (non-hydrogen) atoms. The molecular formula is C14H22FN5O2. The number of piperazine rings is 1. The summed E-state index contributed by atoms with van der Waals surface area (Å²) < 4.78 is 15.5. The van der Waals surface area contributed by atoms with Gasteiger partial charge in [0.1, 0.15) is 25.1 Å². The van der Waals surface area contributed by atoms with Gasteiger partial charge in [0.15, 0.2) is 0 Å². The van der Waals surface area contributed by atoms with Gasteiger partial charge in [0, 0.05) is 39.3 Å². The Morgan fingerprint density at radius 1 is 1.27 bits per heavy atom. The fraction of sp³-hybridized carbons (Fsp3) is 0.786. The SMILES string of the molecule is O=[N+]([O-])c1nccn1CC([18F])CN1CCN(CC2CC2)CC1. The molecule has 1 aromatic heterocycles. The number of nitro groups is 1. The minimum atomic E-state index is -1.12. The third-order valence-corrected chi connectivity index (χ3v) is 4.39. The number of alkyl halides is 1. The zero-order chi connectivity index (χ0) is 15.5. The van der Waals surface area contributed by atoms with E-state index < -0.39 is 11.1 Å². The molecule has 7 nitrogen and oxygen atoms in total. The van der Waals surface area contributed by atoms with Crippen LogP contribution in [0.3, 0.4) is 0 Å². The summed E-state index contributed by atoms with van der Waals surface area (Å²) in [7, 11) is 0. The van der Waals surface area contributed by atoms with E-state index in [0.717, 1.165) is 32.1 Å². The standard InChI is InChI=1S/C14H22FN5O2/c15-13(11-19-4-3-16-14(19)20(21)22)10-18-7-5-17(6-8-18)9-12-1-2-12/h3-4,12-13H,1-2,5-11H2/i15-1. The number of rotatable bonds is 7. The molecule has 2 heterocycles. The first-order valence-electron chi connectivity index (χ1n) is 7.86. The molecule has 0 N–H and O–H groups in total. The van der Waals surface area contributed by atoms with Crippen molar-refractivity contribution in [3.05, 3.63) is 22.5 Å². The second-order valence-corrected chi connectivity index (χ2v) is 6.28. The van der Waals surface area contributed by atoms with Gasteiger partial charge in [-0.3, -0.25) is 4.90 Å². The highest BCUT2D eigenvalue weighted by Gasteiger charge is 2.27. The first-order chi connectivity index (χ1) is 10.6. The van der Waals surface area contributed by atoms with E-state index in [-0.39, 0.29) is 12.5 Å². The molecule has 8 heteroatoms. The quantitative estimate of drug-likeness (QED) is 0.558. The summed E-state index contributed by atoms with van der Waals surface area (Å²) in [5, 5.41) is 10.8. The fourth-order valence-corrected chi connectivity index (χ4v) is 2.99. The van der Waals surface area contributed by atoms with Crippen molar-refractivity contribution in [2.24, 2.45) is 5.92 Å². The van der Waals surface area contributed by atoms with E-state index >= 15 is 0 Å². The van der Waals surface area contributed by atoms with E-state index in [1.165, 1.54) is 36.3 Å². The fourth-order valence-electron chi connectivity index (χ4n) is 2.99. The minimum absolute atomic E-state index is 0.0153. The van der Waals surface area contributed by atoms with Gasteiger partial charge in [0.05, 0.1) is 0 Å². The summed E-state index contributed by atoms with van der Waals surface area (Å²) in [4.78, 5) is 18.4. The highest BCUT2D eigenvalue weighted by atomic mass is 18.2. The van der Waals surface area contributed by atoms with Gasteiger partial charge in [-0.25, -0.2) is 8.96 Å². The summed E-state index contributed by atoms with van der Waals surface area (Å²) in [5.41, 5.74) is 0. The van der Waals surface area contributed by atoms with E-state index in [9.17, 15) is 14.5 Å². The molecule has 1 atom stereocenters. The molecule has 0 radical (unpaired) electrons. The van der Waals surface area contributed by atoms with Crippen molar-refractivity contribution in [3.63, 3.8) is 0 Å². The van der Waals surface area contributed by atoms with Crippen molar-refractivity contribution < 1.29 is 9.31 Å². The Morgan fingerprint density at radius 2 is 1.95 bits per heavy atom. The Morgan fingerprint density at radius 3 is 2.59 bits per heavy atom. The number of nitrogens with zero attached hydrogens (tertiary/aromatic N) is 5. The Balaban J connectivity index is 1.43. The highest BCUT2D eigenvalue weighted by molar-refractivity contribution is 5.06. The van der Waals surface area contributed by atoms with Crippen LogP contribution in [0, 0.1) is 16.0 Å². The molecule has 2 fully saturated rings. The van der Waals surface area contributed by atoms with Crippen LogP contribution in [0.15, 0.2) is 12.4 Å². The molecule has 1 saturated carbocycles. The lowest BCUT2D eigenvalue weighted by Crippen LogP contribution is -2.48. The van der Waals surface area contributed by atoms with Crippen LogP contribution in [-0.2, 0) is 6.54 Å². The second kappa shape index (κ2) is 6.70. The first-order valence-corrected chi connectivity index (χ1v) is 7.86. The number of imidazole rings is 1. The van der Waals surface area contributed by atoms with E-state index in [4.69, 9.17) is 0 Å². The first kappa shape index (κ1) is 15.4. The van der Waals surface area contributed by atoms with E-state index in [0.29, 0.717) is 6.54 Å². The van der Waals surface area contributed by atoms with Gasteiger partial charge < -0.3 is 15.0 Å². The molecule has 1 aliphatic heterocycles. The lowest BCUT2D eigenvalue weighted by molar-refractivity contribution is -0.396. The minimum Gasteiger partial charge on any atom is -0.390 e. The average molecular weight is 310 g/mol. The Labute approximate surface area is 128 Å². The van der Waals surface area contributed by atoms with Gasteiger partial charge in [0.2, 0.25) is 0 Å². The van der Waals surface area contributed by atoms with Gasteiger partial charge in [0.25, 0.3) is 0 Å². The predicted octanol–water partition coefficient (Wildman–Crippen LogP) is 1.16. The predicted molar refractivity (Wildman–Crippen MR) is 79.4 cm³/mol. The largest absolute Gasteiger partial charge is 0.434 e. The van der Waals surface area contributed by atoms with Gasteiger partial charge >= 0.3 is 5.95 Å². The van der Waals surface area contributed by atoms with Gasteiger partial charge in [-0.15, -0.1) is 0 Å². The summed E-state index contributed by atoms with van der Waals surface area (Å²) in [6.45, 7) is 5.24. The van der Waals surface area contributed by atoms with Crippen molar-refractivity contribution >= 4 is 5.95 Å². The molecule has 1 aromatic rings. The van der Waals surface area contributed by atoms with Crippen molar-refractivity contribution in [1.82, 2.24) is 19.4 Å². The number of aromatic nitrogens is 2. The monoisotopic (exact) mass is 310 g/mol. The Bertz CT molecular complexity index is 511. The Kier molecular flexibility index (Phi) is 4.68. The maximum atomic E-state index is 14.2. The van der Waals surface area contributed by atoms with Gasteiger partial charge in [-0.05, 0) is 23.7 Å². The molecule has 3 rings (SSSR count). The molecular weight excluding hydrogens is 288 g/mol. The summed E-state index contributed by atoms with van der Waals surface area (Å²) in [6, 6.07) is 0. The van der Waals surface area contributed by atoms with Crippen LogP contribution in [0.25, 0.3) is 0 Å². The zero-order valence-corrected chi connectivity index (χ0v) is 12.6. The molecule has 1 saturated heterocycles. The molecule has 0 amide bonds. The van der Waals surface area contributed by atoms with E-state index in [1.54, 1.807) is 0 Å². The lowest BCUT2D eigenvalue weighted by atomic mass is 10.2. The third kappa shape index (κ3) is 4.01. The molecule has 0 bridgehead atoms. The van der Waals surface area contributed by atoms with E-state index in [2.05, 4.69) is 14.8 Å². The van der Waals surface area contributed by atoms with Crippen LogP contribution >= 0.6 is 0 Å². The Hall–Kier alpha value is -1.54. The topological polar surface area (TPSA) is 67.4 Å². The molecule has 122 valence electrons.